The lowest BCUT2D eigenvalue weighted by Gasteiger charge is -2.26. The Hall–Kier alpha value is -4.52. The molecule has 3 saturated carbocycles. The lowest BCUT2D eigenvalue weighted by molar-refractivity contribution is -0.140. The number of aryl methyl sites for hydroxylation is 2. The molecule has 3 fully saturated rings. The minimum atomic E-state index is -3.83. The van der Waals surface area contributed by atoms with E-state index in [0.717, 1.165) is 35.9 Å². The summed E-state index contributed by atoms with van der Waals surface area (Å²) >= 11 is 0. The van der Waals surface area contributed by atoms with E-state index in [1.165, 1.54) is 0 Å². The van der Waals surface area contributed by atoms with E-state index >= 15 is 0 Å². The minimum absolute atomic E-state index is 0.152. The van der Waals surface area contributed by atoms with E-state index in [4.69, 9.17) is 14.5 Å². The number of carbonyl (C=O) groups is 3. The second-order valence-electron chi connectivity index (χ2n) is 14.5. The van der Waals surface area contributed by atoms with Crippen molar-refractivity contribution in [3.63, 3.8) is 0 Å². The van der Waals surface area contributed by atoms with Gasteiger partial charge < -0.3 is 19.7 Å². The molecule has 1 aromatic carbocycles. The molecular formula is C38H45N5O7S. The molecule has 0 radical (unpaired) electrons. The number of carbonyl (C=O) groups excluding carboxylic acids is 3. The summed E-state index contributed by atoms with van der Waals surface area (Å²) in [5.74, 6) is -1.93. The highest BCUT2D eigenvalue weighted by molar-refractivity contribution is 7.91. The molecule has 5 atom stereocenters. The van der Waals surface area contributed by atoms with Gasteiger partial charge in [-0.15, -0.1) is 0 Å². The van der Waals surface area contributed by atoms with Crippen LogP contribution >= 0.6 is 0 Å². The van der Waals surface area contributed by atoms with E-state index in [-0.39, 0.29) is 31.1 Å². The monoisotopic (exact) mass is 715 g/mol. The van der Waals surface area contributed by atoms with Crippen LogP contribution in [-0.4, -0.2) is 78.6 Å². The number of hydrogen-bond donors (Lipinski definition) is 2. The van der Waals surface area contributed by atoms with E-state index in [9.17, 15) is 22.8 Å². The van der Waals surface area contributed by atoms with Gasteiger partial charge in [-0.25, -0.2) is 13.4 Å². The molecule has 12 nitrogen and oxygen atoms in total. The van der Waals surface area contributed by atoms with Crippen molar-refractivity contribution in [1.29, 1.82) is 0 Å². The van der Waals surface area contributed by atoms with Gasteiger partial charge in [-0.05, 0) is 89.5 Å². The van der Waals surface area contributed by atoms with Crippen molar-refractivity contribution >= 4 is 38.6 Å². The van der Waals surface area contributed by atoms with Crippen molar-refractivity contribution in [1.82, 2.24) is 24.9 Å². The topological polar surface area (TPSA) is 157 Å². The van der Waals surface area contributed by atoms with Gasteiger partial charge in [0.25, 0.3) is 5.91 Å². The number of aromatic nitrogens is 2. The lowest BCUT2D eigenvalue weighted by atomic mass is 9.93. The van der Waals surface area contributed by atoms with Crippen LogP contribution in [0.1, 0.15) is 62.6 Å². The maximum atomic E-state index is 14.2. The van der Waals surface area contributed by atoms with Crippen LogP contribution < -0.4 is 19.5 Å². The number of fused-ring (bicyclic) bond motifs is 3. The third-order valence-electron chi connectivity index (χ3n) is 10.8. The van der Waals surface area contributed by atoms with Gasteiger partial charge in [-0.1, -0.05) is 18.2 Å². The first-order valence-electron chi connectivity index (χ1n) is 17.8. The Morgan fingerprint density at radius 2 is 1.80 bits per heavy atom. The number of sulfonamides is 1. The Balaban J connectivity index is 1.21. The molecule has 1 aliphatic heterocycles. The fraction of sp³-hybridized carbons (Fsp3) is 0.500. The normalized spacial score (nSPS) is 27.5. The number of benzene rings is 1. The third kappa shape index (κ3) is 6.92. The lowest BCUT2D eigenvalue weighted by Crippen LogP contribution is -2.54. The molecule has 13 heteroatoms. The number of amides is 3. The molecule has 3 heterocycles. The van der Waals surface area contributed by atoms with E-state index in [2.05, 4.69) is 15.0 Å². The highest BCUT2D eigenvalue weighted by Crippen LogP contribution is 2.47. The van der Waals surface area contributed by atoms with Crippen LogP contribution in [0.15, 0.2) is 48.6 Å². The summed E-state index contributed by atoms with van der Waals surface area (Å²) in [6.07, 6.45) is 7.58. The van der Waals surface area contributed by atoms with Crippen LogP contribution in [0.4, 0.5) is 0 Å². The number of allylic oxidation sites excluding steroid dienone is 1. The SMILES string of the molecule is COc1ccc2c(O[C@@H]3C[C@H]4C(=O)NC5(C(=O)NS(=O)(=O)C6CC6)C[C@@H]5/C=C\CCCCN(C)C(=O)[C@@H]4C3)cc(-c3cccc(C)n3)nc2c1C. The molecule has 0 bridgehead atoms. The Morgan fingerprint density at radius 3 is 2.55 bits per heavy atom. The fourth-order valence-electron chi connectivity index (χ4n) is 7.59. The zero-order chi connectivity index (χ0) is 36.1. The summed E-state index contributed by atoms with van der Waals surface area (Å²) in [5.41, 5.74) is 2.27. The van der Waals surface area contributed by atoms with Gasteiger partial charge in [0.1, 0.15) is 23.1 Å². The first-order valence-corrected chi connectivity index (χ1v) is 19.3. The average molecular weight is 716 g/mol. The summed E-state index contributed by atoms with van der Waals surface area (Å²) in [4.78, 5) is 53.2. The van der Waals surface area contributed by atoms with Crippen LogP contribution in [0.25, 0.3) is 22.3 Å². The predicted molar refractivity (Wildman–Crippen MR) is 191 cm³/mol. The first kappa shape index (κ1) is 34.9. The summed E-state index contributed by atoms with van der Waals surface area (Å²) in [7, 11) is -0.457. The van der Waals surface area contributed by atoms with Gasteiger partial charge in [0.2, 0.25) is 21.8 Å². The second-order valence-corrected chi connectivity index (χ2v) is 16.5. The standard InChI is InChI=1S/C38H45N5O7S/c1-22-10-9-12-30(39-22)31-20-33(27-15-16-32(49-4)23(2)34(27)40-31)50-25-18-28-29(19-25)36(45)43(3)17-8-6-5-7-11-24-21-38(24,41-35(28)44)37(46)42-51(47,48)26-13-14-26/h7,9-12,15-16,20,24-26,28-29H,5-6,8,13-14,17-19,21H2,1-4H3,(H,41,44)(H,42,46)/b11-7-/t24-,25+,28+,29+,38?/m0/s1. The molecular weight excluding hydrogens is 671 g/mol. The maximum Gasteiger partial charge on any atom is 0.259 e. The van der Waals surface area contributed by atoms with Crippen LogP contribution in [0.5, 0.6) is 11.5 Å². The number of rotatable bonds is 7. The first-order chi connectivity index (χ1) is 24.4. The molecule has 3 aliphatic carbocycles. The van der Waals surface area contributed by atoms with Crippen molar-refractivity contribution in [3.05, 3.63) is 59.8 Å². The Morgan fingerprint density at radius 1 is 1.02 bits per heavy atom. The molecule has 0 saturated heterocycles. The van der Waals surface area contributed by atoms with Crippen LogP contribution in [-0.2, 0) is 24.4 Å². The molecule has 51 heavy (non-hydrogen) atoms. The van der Waals surface area contributed by atoms with Crippen molar-refractivity contribution in [2.24, 2.45) is 17.8 Å². The van der Waals surface area contributed by atoms with Crippen LogP contribution in [0.3, 0.4) is 0 Å². The molecule has 0 spiro atoms. The van der Waals surface area contributed by atoms with Crippen molar-refractivity contribution in [2.45, 2.75) is 82.1 Å². The summed E-state index contributed by atoms with van der Waals surface area (Å²) < 4.78 is 40.1. The van der Waals surface area contributed by atoms with Crippen molar-refractivity contribution in [3.8, 4) is 22.9 Å². The van der Waals surface area contributed by atoms with Gasteiger partial charge in [0, 0.05) is 42.2 Å². The molecule has 7 rings (SSSR count). The zero-order valence-electron chi connectivity index (χ0n) is 29.5. The Bertz CT molecular complexity index is 2030. The maximum absolute atomic E-state index is 14.2. The van der Waals surface area contributed by atoms with Gasteiger partial charge in [-0.2, -0.15) is 0 Å². The van der Waals surface area contributed by atoms with Gasteiger partial charge in [0.15, 0.2) is 0 Å². The van der Waals surface area contributed by atoms with E-state index in [1.807, 2.05) is 62.4 Å². The molecule has 3 amide bonds. The van der Waals surface area contributed by atoms with E-state index < -0.39 is 50.6 Å². The van der Waals surface area contributed by atoms with Gasteiger partial charge in [0.05, 0.1) is 41.1 Å². The average Bonchev–Trinajstić information content (AvgIpc) is 4.03. The number of ether oxygens (including phenoxy) is 2. The Labute approximate surface area is 298 Å². The Kier molecular flexibility index (Phi) is 9.28. The molecule has 2 aromatic heterocycles. The summed E-state index contributed by atoms with van der Waals surface area (Å²) in [6, 6.07) is 11.3. The van der Waals surface area contributed by atoms with Gasteiger partial charge in [-0.3, -0.25) is 24.1 Å². The van der Waals surface area contributed by atoms with Crippen molar-refractivity contribution < 1.29 is 32.3 Å². The number of nitrogens with one attached hydrogen (secondary N) is 2. The highest BCUT2D eigenvalue weighted by atomic mass is 32.2. The summed E-state index contributed by atoms with van der Waals surface area (Å²) in [6.45, 7) is 4.41. The zero-order valence-corrected chi connectivity index (χ0v) is 30.3. The number of hydrogen-bond acceptors (Lipinski definition) is 9. The molecule has 270 valence electrons. The number of pyridine rings is 2. The van der Waals surface area contributed by atoms with Crippen molar-refractivity contribution in [2.75, 3.05) is 20.7 Å². The molecule has 4 aliphatic rings. The fourth-order valence-corrected chi connectivity index (χ4v) is 8.95. The molecule has 2 N–H and O–H groups in total. The molecule has 3 aromatic rings. The molecule has 1 unspecified atom stereocenters. The third-order valence-corrected chi connectivity index (χ3v) is 12.6. The smallest absolute Gasteiger partial charge is 0.259 e. The van der Waals surface area contributed by atoms with E-state index in [1.54, 1.807) is 19.1 Å². The predicted octanol–water partition coefficient (Wildman–Crippen LogP) is 4.38. The number of nitrogens with zero attached hydrogens (tertiary/aromatic N) is 3. The highest BCUT2D eigenvalue weighted by Gasteiger charge is 2.62. The van der Waals surface area contributed by atoms with Crippen LogP contribution in [0, 0.1) is 31.6 Å². The number of methoxy groups -OCH3 is 1. The van der Waals surface area contributed by atoms with Gasteiger partial charge >= 0.3 is 0 Å². The largest absolute Gasteiger partial charge is 0.496 e. The van der Waals surface area contributed by atoms with Crippen LogP contribution in [0.2, 0.25) is 0 Å². The second kappa shape index (κ2) is 13.6. The quantitative estimate of drug-likeness (QED) is 0.339. The van der Waals surface area contributed by atoms with E-state index in [0.29, 0.717) is 47.8 Å². The minimum Gasteiger partial charge on any atom is -0.496 e. The summed E-state index contributed by atoms with van der Waals surface area (Å²) in [5, 5.41) is 3.13.